The predicted molar refractivity (Wildman–Crippen MR) is 80.1 cm³/mol. The van der Waals surface area contributed by atoms with Gasteiger partial charge in [-0.05, 0) is 38.5 Å². The van der Waals surface area contributed by atoms with Crippen LogP contribution in [0.2, 0.25) is 0 Å². The van der Waals surface area contributed by atoms with Crippen molar-refractivity contribution in [2.75, 3.05) is 19.6 Å². The number of unbranched alkanes of at least 4 members (excludes halogenated alkanes) is 1. The fourth-order valence-electron chi connectivity index (χ4n) is 2.13. The first kappa shape index (κ1) is 16.9. The van der Waals surface area contributed by atoms with Gasteiger partial charge in [0.25, 0.3) is 0 Å². The Hall–Kier alpha value is -2.11. The number of hydrogen-bond donors (Lipinski definition) is 2. The SMILES string of the molecule is C=CN1CCC(C(=O)NCCCCNC(=O)/C=C\C)C1=O. The molecular weight excluding hydrogens is 270 g/mol. The Balaban J connectivity index is 2.13. The van der Waals surface area contributed by atoms with Crippen LogP contribution < -0.4 is 10.6 Å². The number of amides is 3. The average Bonchev–Trinajstić information content (AvgIpc) is 2.83. The number of carbonyl (C=O) groups excluding carboxylic acids is 3. The Labute approximate surface area is 125 Å². The van der Waals surface area contributed by atoms with Gasteiger partial charge < -0.3 is 15.5 Å². The molecular formula is C15H23N3O3. The van der Waals surface area contributed by atoms with Gasteiger partial charge in [0.2, 0.25) is 17.7 Å². The van der Waals surface area contributed by atoms with E-state index in [9.17, 15) is 14.4 Å². The van der Waals surface area contributed by atoms with Gasteiger partial charge in [-0.25, -0.2) is 0 Å². The fraction of sp³-hybridized carbons (Fsp3) is 0.533. The summed E-state index contributed by atoms with van der Waals surface area (Å²) in [6.45, 7) is 6.97. The second-order valence-electron chi connectivity index (χ2n) is 4.84. The van der Waals surface area contributed by atoms with E-state index in [1.165, 1.54) is 17.2 Å². The summed E-state index contributed by atoms with van der Waals surface area (Å²) in [6, 6.07) is 0. The van der Waals surface area contributed by atoms with Crippen LogP contribution in [0.15, 0.2) is 24.9 Å². The molecule has 0 aromatic heterocycles. The molecule has 21 heavy (non-hydrogen) atoms. The van der Waals surface area contributed by atoms with Crippen LogP contribution in [0.25, 0.3) is 0 Å². The van der Waals surface area contributed by atoms with Crippen molar-refractivity contribution < 1.29 is 14.4 Å². The molecule has 0 saturated carbocycles. The second-order valence-corrected chi connectivity index (χ2v) is 4.84. The van der Waals surface area contributed by atoms with Gasteiger partial charge in [-0.2, -0.15) is 0 Å². The lowest BCUT2D eigenvalue weighted by Gasteiger charge is -2.11. The third kappa shape index (κ3) is 5.41. The van der Waals surface area contributed by atoms with Crippen LogP contribution in [0.5, 0.6) is 0 Å². The third-order valence-electron chi connectivity index (χ3n) is 3.30. The minimum atomic E-state index is -0.586. The minimum absolute atomic E-state index is 0.109. The molecule has 1 aliphatic heterocycles. The molecule has 1 rings (SSSR count). The van der Waals surface area contributed by atoms with Gasteiger partial charge in [0.1, 0.15) is 5.92 Å². The molecule has 3 amide bonds. The molecule has 116 valence electrons. The van der Waals surface area contributed by atoms with E-state index in [0.717, 1.165) is 12.8 Å². The molecule has 6 heteroatoms. The largest absolute Gasteiger partial charge is 0.355 e. The number of rotatable bonds is 8. The topological polar surface area (TPSA) is 78.5 Å². The van der Waals surface area contributed by atoms with Crippen LogP contribution in [0.4, 0.5) is 0 Å². The lowest BCUT2D eigenvalue weighted by atomic mass is 10.1. The third-order valence-corrected chi connectivity index (χ3v) is 3.30. The van der Waals surface area contributed by atoms with Gasteiger partial charge in [-0.1, -0.05) is 12.7 Å². The van der Waals surface area contributed by atoms with Gasteiger partial charge >= 0.3 is 0 Å². The van der Waals surface area contributed by atoms with E-state index >= 15 is 0 Å². The van der Waals surface area contributed by atoms with Gasteiger partial charge in [0.15, 0.2) is 0 Å². The molecule has 1 aliphatic rings. The predicted octanol–water partition coefficient (Wildman–Crippen LogP) is 0.567. The van der Waals surface area contributed by atoms with Gasteiger partial charge in [-0.3, -0.25) is 14.4 Å². The first-order valence-electron chi connectivity index (χ1n) is 7.21. The molecule has 6 nitrogen and oxygen atoms in total. The van der Waals surface area contributed by atoms with E-state index in [1.807, 2.05) is 0 Å². The van der Waals surface area contributed by atoms with E-state index in [4.69, 9.17) is 0 Å². The molecule has 2 N–H and O–H groups in total. The Morgan fingerprint density at radius 1 is 1.33 bits per heavy atom. The molecule has 0 aliphatic carbocycles. The molecule has 1 unspecified atom stereocenters. The number of nitrogens with one attached hydrogen (secondary N) is 2. The lowest BCUT2D eigenvalue weighted by molar-refractivity contribution is -0.136. The summed E-state index contributed by atoms with van der Waals surface area (Å²) in [4.78, 5) is 36.3. The van der Waals surface area contributed by atoms with Crippen LogP contribution >= 0.6 is 0 Å². The van der Waals surface area contributed by atoms with Crippen LogP contribution in [-0.2, 0) is 14.4 Å². The molecule has 1 saturated heterocycles. The quantitative estimate of drug-likeness (QED) is 0.390. The van der Waals surface area contributed by atoms with Gasteiger partial charge in [0.05, 0.1) is 0 Å². The van der Waals surface area contributed by atoms with Crippen molar-refractivity contribution in [2.45, 2.75) is 26.2 Å². The molecule has 1 heterocycles. The smallest absolute Gasteiger partial charge is 0.243 e. The van der Waals surface area contributed by atoms with Crippen LogP contribution in [0, 0.1) is 5.92 Å². The first-order valence-corrected chi connectivity index (χ1v) is 7.21. The maximum atomic E-state index is 11.9. The van der Waals surface area contributed by atoms with E-state index in [-0.39, 0.29) is 17.7 Å². The summed E-state index contributed by atoms with van der Waals surface area (Å²) in [5.74, 6) is -1.09. The van der Waals surface area contributed by atoms with Crippen molar-refractivity contribution in [1.82, 2.24) is 15.5 Å². The summed E-state index contributed by atoms with van der Waals surface area (Å²) in [5.41, 5.74) is 0. The number of hydrogen-bond acceptors (Lipinski definition) is 3. The highest BCUT2D eigenvalue weighted by Gasteiger charge is 2.35. The summed E-state index contributed by atoms with van der Waals surface area (Å²) < 4.78 is 0. The van der Waals surface area contributed by atoms with E-state index in [2.05, 4.69) is 17.2 Å². The van der Waals surface area contributed by atoms with Crippen molar-refractivity contribution in [3.63, 3.8) is 0 Å². The fourth-order valence-corrected chi connectivity index (χ4v) is 2.13. The Kier molecular flexibility index (Phi) is 7.21. The molecule has 1 atom stereocenters. The molecule has 0 radical (unpaired) electrons. The van der Waals surface area contributed by atoms with Crippen LogP contribution in [0.1, 0.15) is 26.2 Å². The molecule has 0 bridgehead atoms. The Morgan fingerprint density at radius 2 is 2.00 bits per heavy atom. The zero-order valence-corrected chi connectivity index (χ0v) is 12.4. The normalized spacial score (nSPS) is 18.0. The van der Waals surface area contributed by atoms with E-state index in [1.54, 1.807) is 13.0 Å². The number of nitrogens with zero attached hydrogens (tertiary/aromatic N) is 1. The standard InChI is InChI=1S/C15H23N3O3/c1-3-7-13(19)16-9-5-6-10-17-14(20)12-8-11-18(4-2)15(12)21/h3-4,7,12H,2,5-6,8-11H2,1H3,(H,16,19)(H,17,20)/b7-3-. The van der Waals surface area contributed by atoms with Crippen molar-refractivity contribution >= 4 is 17.7 Å². The highest BCUT2D eigenvalue weighted by molar-refractivity contribution is 6.01. The highest BCUT2D eigenvalue weighted by atomic mass is 16.2. The first-order chi connectivity index (χ1) is 10.1. The number of likely N-dealkylation sites (tertiary alicyclic amines) is 1. The zero-order valence-electron chi connectivity index (χ0n) is 12.4. The number of carbonyl (C=O) groups is 3. The minimum Gasteiger partial charge on any atom is -0.355 e. The van der Waals surface area contributed by atoms with Crippen molar-refractivity contribution in [3.8, 4) is 0 Å². The summed E-state index contributed by atoms with van der Waals surface area (Å²) >= 11 is 0. The van der Waals surface area contributed by atoms with Crippen LogP contribution in [-0.4, -0.2) is 42.3 Å². The summed E-state index contributed by atoms with van der Waals surface area (Å²) in [6.07, 6.45) is 6.69. The molecule has 0 spiro atoms. The summed E-state index contributed by atoms with van der Waals surface area (Å²) in [5, 5.41) is 5.50. The van der Waals surface area contributed by atoms with Crippen molar-refractivity contribution in [3.05, 3.63) is 24.9 Å². The Morgan fingerprint density at radius 3 is 2.57 bits per heavy atom. The van der Waals surface area contributed by atoms with Crippen molar-refractivity contribution in [1.29, 1.82) is 0 Å². The lowest BCUT2D eigenvalue weighted by Crippen LogP contribution is -2.36. The molecule has 0 aromatic carbocycles. The number of allylic oxidation sites excluding steroid dienone is 1. The molecule has 1 fully saturated rings. The molecule has 0 aromatic rings. The maximum absolute atomic E-state index is 11.9. The van der Waals surface area contributed by atoms with Gasteiger partial charge in [-0.15, -0.1) is 0 Å². The Bertz CT molecular complexity index is 432. The maximum Gasteiger partial charge on any atom is 0.243 e. The van der Waals surface area contributed by atoms with E-state index < -0.39 is 5.92 Å². The average molecular weight is 293 g/mol. The zero-order chi connectivity index (χ0) is 15.7. The monoisotopic (exact) mass is 293 g/mol. The van der Waals surface area contributed by atoms with Gasteiger partial charge in [0, 0.05) is 19.6 Å². The summed E-state index contributed by atoms with van der Waals surface area (Å²) in [7, 11) is 0. The van der Waals surface area contributed by atoms with Crippen molar-refractivity contribution in [2.24, 2.45) is 5.92 Å². The second kappa shape index (κ2) is 8.94. The van der Waals surface area contributed by atoms with E-state index in [0.29, 0.717) is 26.1 Å². The highest BCUT2D eigenvalue weighted by Crippen LogP contribution is 2.18. The van der Waals surface area contributed by atoms with Crippen LogP contribution in [0.3, 0.4) is 0 Å².